The molecule has 5 heteroatoms. The Bertz CT molecular complexity index is 1010. The van der Waals surface area contributed by atoms with Crippen LogP contribution in [0.4, 0.5) is 10.7 Å². The number of hydrogen-bond donors (Lipinski definition) is 1. The number of carbonyl (C=O) groups is 1. The monoisotopic (exact) mass is 421 g/mol. The lowest BCUT2D eigenvalue weighted by Crippen LogP contribution is -2.36. The van der Waals surface area contributed by atoms with E-state index >= 15 is 0 Å². The van der Waals surface area contributed by atoms with Gasteiger partial charge in [0, 0.05) is 17.1 Å². The minimum absolute atomic E-state index is 0.0362. The molecule has 1 aromatic carbocycles. The van der Waals surface area contributed by atoms with Gasteiger partial charge in [-0.2, -0.15) is 5.26 Å². The number of carbonyl (C=O) groups excluding carboxylic acids is 1. The van der Waals surface area contributed by atoms with Crippen molar-refractivity contribution >= 4 is 27.9 Å². The predicted octanol–water partition coefficient (Wildman–Crippen LogP) is 5.47. The Hall–Kier alpha value is -2.32. The molecule has 0 radical (unpaired) electrons. The van der Waals surface area contributed by atoms with Gasteiger partial charge in [-0.3, -0.25) is 4.79 Å². The lowest BCUT2D eigenvalue weighted by molar-refractivity contribution is -0.115. The van der Waals surface area contributed by atoms with Gasteiger partial charge in [0.25, 0.3) is 0 Å². The summed E-state index contributed by atoms with van der Waals surface area (Å²) in [5, 5.41) is 13.6. The maximum atomic E-state index is 12.9. The molecule has 2 aromatic rings. The average molecular weight is 422 g/mol. The van der Waals surface area contributed by atoms with E-state index in [1.807, 2.05) is 0 Å². The normalized spacial score (nSPS) is 18.4. The number of fused-ring (bicyclic) bond motifs is 2. The first-order valence-electron chi connectivity index (χ1n) is 10.9. The number of nitrogens with one attached hydrogen (secondary N) is 1. The van der Waals surface area contributed by atoms with Crippen molar-refractivity contribution in [3.05, 3.63) is 45.3 Å². The van der Waals surface area contributed by atoms with E-state index in [-0.39, 0.29) is 11.3 Å². The fraction of sp³-hybridized carbons (Fsp3) is 0.520. The number of aryl methyl sites for hydroxylation is 2. The molecule has 1 aliphatic carbocycles. The number of nitriles is 1. The molecule has 1 N–H and O–H groups in total. The van der Waals surface area contributed by atoms with Crippen LogP contribution in [0.3, 0.4) is 0 Å². The minimum Gasteiger partial charge on any atom is -0.362 e. The molecule has 1 unspecified atom stereocenters. The third kappa shape index (κ3) is 4.11. The second kappa shape index (κ2) is 8.07. The van der Waals surface area contributed by atoms with Crippen molar-refractivity contribution in [3.63, 3.8) is 0 Å². The molecule has 0 saturated carbocycles. The highest BCUT2D eigenvalue weighted by Gasteiger charge is 2.32. The van der Waals surface area contributed by atoms with Gasteiger partial charge < -0.3 is 10.2 Å². The van der Waals surface area contributed by atoms with Gasteiger partial charge in [0.2, 0.25) is 5.91 Å². The molecule has 1 aromatic heterocycles. The van der Waals surface area contributed by atoms with Crippen LogP contribution in [0.5, 0.6) is 0 Å². The van der Waals surface area contributed by atoms with Crippen LogP contribution in [0, 0.1) is 29.6 Å². The predicted molar refractivity (Wildman–Crippen MR) is 124 cm³/mol. The first-order valence-corrected chi connectivity index (χ1v) is 11.8. The van der Waals surface area contributed by atoms with E-state index in [9.17, 15) is 10.1 Å². The quantitative estimate of drug-likeness (QED) is 0.715. The SMILES string of the molecule is Cc1ccc2c(c1)CCCN2CC(=O)Nc1sc2c(c1C#N)CCC(C(C)(C)C)C2. The highest BCUT2D eigenvalue weighted by atomic mass is 32.1. The molecule has 4 nitrogen and oxygen atoms in total. The van der Waals surface area contributed by atoms with E-state index in [0.29, 0.717) is 18.0 Å². The molecule has 0 fully saturated rings. The van der Waals surface area contributed by atoms with E-state index in [4.69, 9.17) is 0 Å². The number of nitrogens with zero attached hydrogens (tertiary/aromatic N) is 2. The third-order valence-corrected chi connectivity index (χ3v) is 7.81. The van der Waals surface area contributed by atoms with Crippen molar-refractivity contribution in [2.75, 3.05) is 23.3 Å². The summed E-state index contributed by atoms with van der Waals surface area (Å²) in [5.41, 5.74) is 5.87. The molecule has 1 atom stereocenters. The van der Waals surface area contributed by atoms with E-state index in [1.54, 1.807) is 11.3 Å². The van der Waals surface area contributed by atoms with Crippen LogP contribution in [-0.2, 0) is 24.1 Å². The summed E-state index contributed by atoms with van der Waals surface area (Å²) >= 11 is 1.61. The highest BCUT2D eigenvalue weighted by molar-refractivity contribution is 7.16. The molecule has 1 aliphatic heterocycles. The summed E-state index contributed by atoms with van der Waals surface area (Å²) in [7, 11) is 0. The second-order valence-electron chi connectivity index (χ2n) is 9.83. The van der Waals surface area contributed by atoms with Crippen LogP contribution in [0.2, 0.25) is 0 Å². The smallest absolute Gasteiger partial charge is 0.244 e. The van der Waals surface area contributed by atoms with Crippen molar-refractivity contribution in [1.29, 1.82) is 5.26 Å². The molecular weight excluding hydrogens is 390 g/mol. The standard InChI is InChI=1S/C25H31N3OS/c1-16-7-10-21-17(12-16)6-5-11-28(21)15-23(29)27-24-20(14-26)19-9-8-18(25(2,3)4)13-22(19)30-24/h7,10,12,18H,5-6,8-9,11,13,15H2,1-4H3,(H,27,29). The van der Waals surface area contributed by atoms with Gasteiger partial charge in [-0.25, -0.2) is 0 Å². The summed E-state index contributed by atoms with van der Waals surface area (Å²) in [5.74, 6) is 0.581. The molecule has 1 amide bonds. The van der Waals surface area contributed by atoms with E-state index < -0.39 is 0 Å². The molecule has 2 aliphatic rings. The van der Waals surface area contributed by atoms with Gasteiger partial charge in [-0.15, -0.1) is 11.3 Å². The fourth-order valence-corrected chi connectivity index (χ4v) is 6.13. The zero-order chi connectivity index (χ0) is 21.5. The summed E-state index contributed by atoms with van der Waals surface area (Å²) in [6.45, 7) is 10.2. The third-order valence-electron chi connectivity index (χ3n) is 6.64. The Labute approximate surface area is 183 Å². The van der Waals surface area contributed by atoms with E-state index in [1.165, 1.54) is 21.7 Å². The number of benzene rings is 1. The van der Waals surface area contributed by atoms with E-state index in [0.717, 1.165) is 49.2 Å². The number of anilines is 2. The first kappa shape index (κ1) is 20.9. The van der Waals surface area contributed by atoms with Crippen molar-refractivity contribution in [1.82, 2.24) is 0 Å². The molecule has 30 heavy (non-hydrogen) atoms. The molecule has 2 heterocycles. The number of amides is 1. The maximum absolute atomic E-state index is 12.9. The Kier molecular flexibility index (Phi) is 5.63. The van der Waals surface area contributed by atoms with Gasteiger partial charge in [0.05, 0.1) is 12.1 Å². The summed E-state index contributed by atoms with van der Waals surface area (Å²) < 4.78 is 0. The van der Waals surface area contributed by atoms with Crippen molar-refractivity contribution in [2.24, 2.45) is 11.3 Å². The zero-order valence-corrected chi connectivity index (χ0v) is 19.3. The van der Waals surface area contributed by atoms with Crippen LogP contribution in [0.25, 0.3) is 0 Å². The number of thiophene rings is 1. The summed E-state index contributed by atoms with van der Waals surface area (Å²) in [6, 6.07) is 8.84. The zero-order valence-electron chi connectivity index (χ0n) is 18.5. The second-order valence-corrected chi connectivity index (χ2v) is 10.9. The minimum atomic E-state index is -0.0362. The lowest BCUT2D eigenvalue weighted by Gasteiger charge is -2.33. The van der Waals surface area contributed by atoms with Crippen LogP contribution < -0.4 is 10.2 Å². The molecule has 0 spiro atoms. The van der Waals surface area contributed by atoms with Crippen LogP contribution in [0.1, 0.15) is 60.7 Å². The lowest BCUT2D eigenvalue weighted by atomic mass is 9.72. The highest BCUT2D eigenvalue weighted by Crippen LogP contribution is 2.44. The molecule has 0 saturated heterocycles. The molecule has 158 valence electrons. The van der Waals surface area contributed by atoms with Gasteiger partial charge in [0.1, 0.15) is 11.1 Å². The Morgan fingerprint density at radius 2 is 2.13 bits per heavy atom. The van der Waals surface area contributed by atoms with Crippen LogP contribution in [0.15, 0.2) is 18.2 Å². The van der Waals surface area contributed by atoms with Gasteiger partial charge in [0.15, 0.2) is 0 Å². The number of hydrogen-bond acceptors (Lipinski definition) is 4. The number of rotatable bonds is 3. The molecule has 0 bridgehead atoms. The van der Waals surface area contributed by atoms with Crippen molar-refractivity contribution in [3.8, 4) is 6.07 Å². The maximum Gasteiger partial charge on any atom is 0.244 e. The van der Waals surface area contributed by atoms with Crippen molar-refractivity contribution in [2.45, 2.75) is 59.8 Å². The summed E-state index contributed by atoms with van der Waals surface area (Å²) in [4.78, 5) is 16.4. The summed E-state index contributed by atoms with van der Waals surface area (Å²) in [6.07, 6.45) is 5.19. The van der Waals surface area contributed by atoms with Gasteiger partial charge in [-0.05, 0) is 67.6 Å². The molecular formula is C25H31N3OS. The Morgan fingerprint density at radius 3 is 2.87 bits per heavy atom. The van der Waals surface area contributed by atoms with Crippen LogP contribution in [-0.4, -0.2) is 19.0 Å². The largest absolute Gasteiger partial charge is 0.362 e. The fourth-order valence-electron chi connectivity index (χ4n) is 4.84. The Balaban J connectivity index is 1.50. The first-order chi connectivity index (χ1) is 14.3. The van der Waals surface area contributed by atoms with Gasteiger partial charge in [-0.1, -0.05) is 38.5 Å². The Morgan fingerprint density at radius 1 is 1.33 bits per heavy atom. The van der Waals surface area contributed by atoms with Crippen molar-refractivity contribution < 1.29 is 4.79 Å². The topological polar surface area (TPSA) is 56.1 Å². The molecule has 4 rings (SSSR count). The van der Waals surface area contributed by atoms with E-state index in [2.05, 4.69) is 62.2 Å². The van der Waals surface area contributed by atoms with Crippen LogP contribution >= 0.6 is 11.3 Å². The van der Waals surface area contributed by atoms with Gasteiger partial charge >= 0.3 is 0 Å². The average Bonchev–Trinajstić information content (AvgIpc) is 3.03.